The van der Waals surface area contributed by atoms with Gasteiger partial charge in [-0.15, -0.1) is 0 Å². The van der Waals surface area contributed by atoms with Gasteiger partial charge in [0.05, 0.1) is 13.2 Å². The van der Waals surface area contributed by atoms with Crippen molar-refractivity contribution in [1.82, 2.24) is 9.80 Å². The van der Waals surface area contributed by atoms with Gasteiger partial charge in [0.15, 0.2) is 0 Å². The number of likely N-dealkylation sites (N-methyl/N-ethyl adjacent to an activating group) is 2. The highest BCUT2D eigenvalue weighted by Crippen LogP contribution is 2.22. The molecule has 0 aliphatic heterocycles. The summed E-state index contributed by atoms with van der Waals surface area (Å²) < 4.78 is 5.12. The zero-order valence-corrected chi connectivity index (χ0v) is 12.6. The molecule has 0 spiro atoms. The molecule has 0 radical (unpaired) electrons. The van der Waals surface area contributed by atoms with Gasteiger partial charge in [0, 0.05) is 19.1 Å². The van der Waals surface area contributed by atoms with E-state index in [1.54, 1.807) is 7.11 Å². The first-order valence-electron chi connectivity index (χ1n) is 6.62. The molecule has 0 amide bonds. The van der Waals surface area contributed by atoms with Gasteiger partial charge in [-0.1, -0.05) is 12.1 Å². The van der Waals surface area contributed by atoms with Gasteiger partial charge in [0.1, 0.15) is 5.75 Å². The molecule has 0 fully saturated rings. The summed E-state index contributed by atoms with van der Waals surface area (Å²) in [4.78, 5) is 4.32. The second-order valence-electron chi connectivity index (χ2n) is 5.24. The van der Waals surface area contributed by atoms with Crippen molar-refractivity contribution in [2.24, 2.45) is 0 Å². The normalized spacial score (nSPS) is 14.7. The van der Waals surface area contributed by atoms with Crippen LogP contribution in [0.3, 0.4) is 0 Å². The maximum atomic E-state index is 10.4. The van der Waals surface area contributed by atoms with E-state index in [1.807, 2.05) is 38.2 Å². The Kier molecular flexibility index (Phi) is 6.28. The van der Waals surface area contributed by atoms with E-state index in [1.165, 1.54) is 0 Å². The predicted molar refractivity (Wildman–Crippen MR) is 78.6 cm³/mol. The highest BCUT2D eigenvalue weighted by Gasteiger charge is 2.20. The van der Waals surface area contributed by atoms with E-state index in [0.717, 1.165) is 24.4 Å². The molecule has 2 atom stereocenters. The van der Waals surface area contributed by atoms with E-state index in [-0.39, 0.29) is 6.04 Å². The highest BCUT2D eigenvalue weighted by atomic mass is 16.5. The fourth-order valence-corrected chi connectivity index (χ4v) is 1.88. The van der Waals surface area contributed by atoms with Crippen LogP contribution in [0.4, 0.5) is 0 Å². The van der Waals surface area contributed by atoms with Gasteiger partial charge in [-0.05, 0) is 45.8 Å². The van der Waals surface area contributed by atoms with E-state index in [9.17, 15) is 5.11 Å². The van der Waals surface area contributed by atoms with Crippen LogP contribution in [0.2, 0.25) is 0 Å². The molecule has 4 nitrogen and oxygen atoms in total. The molecule has 1 aromatic carbocycles. The van der Waals surface area contributed by atoms with Gasteiger partial charge in [0.2, 0.25) is 0 Å². The van der Waals surface area contributed by atoms with Crippen LogP contribution in [0, 0.1) is 0 Å². The molecule has 0 heterocycles. The number of nitrogens with zero attached hydrogens (tertiary/aromatic N) is 2. The maximum absolute atomic E-state index is 10.4. The average molecular weight is 266 g/mol. The van der Waals surface area contributed by atoms with Crippen LogP contribution in [-0.4, -0.2) is 62.3 Å². The SMILES string of the molecule is COc1ccc(C(O)C(C)N(C)CCN(C)C)cc1. The molecule has 0 aliphatic rings. The Bertz CT molecular complexity index is 365. The van der Waals surface area contributed by atoms with E-state index in [2.05, 4.69) is 23.9 Å². The molecule has 2 unspecified atom stereocenters. The average Bonchev–Trinajstić information content (AvgIpc) is 2.43. The minimum absolute atomic E-state index is 0.0772. The Morgan fingerprint density at radius 1 is 1.11 bits per heavy atom. The second kappa shape index (κ2) is 7.48. The molecule has 0 saturated heterocycles. The molecule has 108 valence electrons. The van der Waals surface area contributed by atoms with Crippen LogP contribution in [0.15, 0.2) is 24.3 Å². The molecule has 0 aliphatic carbocycles. The van der Waals surface area contributed by atoms with Crippen molar-refractivity contribution >= 4 is 0 Å². The Labute approximate surface area is 116 Å². The first kappa shape index (κ1) is 16.0. The summed E-state index contributed by atoms with van der Waals surface area (Å²) in [6, 6.07) is 7.67. The fraction of sp³-hybridized carbons (Fsp3) is 0.600. The second-order valence-corrected chi connectivity index (χ2v) is 5.24. The Morgan fingerprint density at radius 3 is 2.16 bits per heavy atom. The number of ether oxygens (including phenoxy) is 1. The first-order valence-corrected chi connectivity index (χ1v) is 6.62. The van der Waals surface area contributed by atoms with Crippen molar-refractivity contribution in [3.8, 4) is 5.75 Å². The number of hydrogen-bond donors (Lipinski definition) is 1. The van der Waals surface area contributed by atoms with E-state index >= 15 is 0 Å². The monoisotopic (exact) mass is 266 g/mol. The molecule has 1 aromatic rings. The molecule has 0 aromatic heterocycles. The number of rotatable bonds is 7. The Morgan fingerprint density at radius 2 is 1.68 bits per heavy atom. The van der Waals surface area contributed by atoms with Crippen molar-refractivity contribution < 1.29 is 9.84 Å². The predicted octanol–water partition coefficient (Wildman–Crippen LogP) is 1.61. The third kappa shape index (κ3) is 4.82. The lowest BCUT2D eigenvalue weighted by atomic mass is 10.0. The van der Waals surface area contributed by atoms with Crippen LogP contribution in [0.1, 0.15) is 18.6 Å². The van der Waals surface area contributed by atoms with Crippen molar-refractivity contribution in [3.05, 3.63) is 29.8 Å². The van der Waals surface area contributed by atoms with Crippen LogP contribution in [-0.2, 0) is 0 Å². The van der Waals surface area contributed by atoms with Crippen molar-refractivity contribution in [2.45, 2.75) is 19.1 Å². The lowest BCUT2D eigenvalue weighted by molar-refractivity contribution is 0.0693. The number of methoxy groups -OCH3 is 1. The zero-order valence-electron chi connectivity index (χ0n) is 12.6. The van der Waals surface area contributed by atoms with Crippen LogP contribution < -0.4 is 4.74 Å². The molecular weight excluding hydrogens is 240 g/mol. The van der Waals surface area contributed by atoms with Crippen LogP contribution >= 0.6 is 0 Å². The summed E-state index contributed by atoms with van der Waals surface area (Å²) in [6.45, 7) is 3.96. The smallest absolute Gasteiger partial charge is 0.118 e. The van der Waals surface area contributed by atoms with Crippen LogP contribution in [0.25, 0.3) is 0 Å². The summed E-state index contributed by atoms with van der Waals surface area (Å²) in [5, 5.41) is 10.4. The third-order valence-electron chi connectivity index (χ3n) is 3.51. The zero-order chi connectivity index (χ0) is 14.4. The van der Waals surface area contributed by atoms with E-state index < -0.39 is 6.10 Å². The Hall–Kier alpha value is -1.10. The summed E-state index contributed by atoms with van der Waals surface area (Å²) in [5.41, 5.74) is 0.921. The van der Waals surface area contributed by atoms with Crippen LogP contribution in [0.5, 0.6) is 5.75 Å². The van der Waals surface area contributed by atoms with E-state index in [4.69, 9.17) is 4.74 Å². The lowest BCUT2D eigenvalue weighted by Crippen LogP contribution is -2.38. The minimum atomic E-state index is -0.488. The van der Waals surface area contributed by atoms with Gasteiger partial charge < -0.3 is 14.7 Å². The minimum Gasteiger partial charge on any atom is -0.497 e. The largest absolute Gasteiger partial charge is 0.497 e. The summed E-state index contributed by atoms with van der Waals surface area (Å²) in [6.07, 6.45) is -0.488. The van der Waals surface area contributed by atoms with Gasteiger partial charge in [-0.2, -0.15) is 0 Å². The van der Waals surface area contributed by atoms with Gasteiger partial charge in [-0.3, -0.25) is 4.90 Å². The van der Waals surface area contributed by atoms with Gasteiger partial charge in [0.25, 0.3) is 0 Å². The molecule has 0 bridgehead atoms. The number of hydrogen-bond acceptors (Lipinski definition) is 4. The molecule has 1 rings (SSSR count). The number of aliphatic hydroxyl groups is 1. The highest BCUT2D eigenvalue weighted by molar-refractivity contribution is 5.28. The van der Waals surface area contributed by atoms with Crippen molar-refractivity contribution in [3.63, 3.8) is 0 Å². The lowest BCUT2D eigenvalue weighted by Gasteiger charge is -2.30. The Balaban J connectivity index is 2.61. The number of benzene rings is 1. The molecule has 0 saturated carbocycles. The molecular formula is C15H26N2O2. The molecule has 4 heteroatoms. The third-order valence-corrected chi connectivity index (χ3v) is 3.51. The standard InChI is InChI=1S/C15H26N2O2/c1-12(17(4)11-10-16(2)3)15(18)13-6-8-14(19-5)9-7-13/h6-9,12,15,18H,10-11H2,1-5H3. The quantitative estimate of drug-likeness (QED) is 0.813. The van der Waals surface area contributed by atoms with Gasteiger partial charge >= 0.3 is 0 Å². The number of aliphatic hydroxyl groups excluding tert-OH is 1. The summed E-state index contributed by atoms with van der Waals surface area (Å²) >= 11 is 0. The van der Waals surface area contributed by atoms with E-state index in [0.29, 0.717) is 0 Å². The maximum Gasteiger partial charge on any atom is 0.118 e. The van der Waals surface area contributed by atoms with Crippen molar-refractivity contribution in [1.29, 1.82) is 0 Å². The van der Waals surface area contributed by atoms with Gasteiger partial charge in [-0.25, -0.2) is 0 Å². The van der Waals surface area contributed by atoms with Crippen molar-refractivity contribution in [2.75, 3.05) is 41.3 Å². The topological polar surface area (TPSA) is 35.9 Å². The molecule has 19 heavy (non-hydrogen) atoms. The first-order chi connectivity index (χ1) is 8.95. The summed E-state index contributed by atoms with van der Waals surface area (Å²) in [7, 11) is 7.79. The fourth-order valence-electron chi connectivity index (χ4n) is 1.88. The summed E-state index contributed by atoms with van der Waals surface area (Å²) in [5.74, 6) is 0.810. The molecule has 1 N–H and O–H groups in total.